The molecule has 0 bridgehead atoms. The molecule has 0 saturated carbocycles. The van der Waals surface area contributed by atoms with Crippen LogP contribution in [0.5, 0.6) is 0 Å². The van der Waals surface area contributed by atoms with Crippen LogP contribution in [0.15, 0.2) is 24.7 Å². The fourth-order valence-electron chi connectivity index (χ4n) is 1.36. The number of aryl methyl sites for hydroxylation is 1. The number of hydrogen-bond donors (Lipinski definition) is 0. The fourth-order valence-corrected chi connectivity index (χ4v) is 1.36. The first-order chi connectivity index (χ1) is 6.77. The molecule has 0 N–H and O–H groups in total. The molecular weight excluding hydrogens is 178 g/mol. The van der Waals surface area contributed by atoms with Crippen LogP contribution in [-0.4, -0.2) is 15.9 Å². The van der Waals surface area contributed by atoms with Gasteiger partial charge in [-0.05, 0) is 13.3 Å². The lowest BCUT2D eigenvalue weighted by atomic mass is 10.2. The van der Waals surface area contributed by atoms with Gasteiger partial charge in [-0.3, -0.25) is 14.7 Å². The summed E-state index contributed by atoms with van der Waals surface area (Å²) in [6, 6.07) is 0. The Balaban J connectivity index is 2.34. The van der Waals surface area contributed by atoms with Gasteiger partial charge in [0.1, 0.15) is 0 Å². The van der Waals surface area contributed by atoms with Crippen molar-refractivity contribution in [3.63, 3.8) is 0 Å². The topological polar surface area (TPSA) is 46.1 Å². The van der Waals surface area contributed by atoms with Crippen LogP contribution in [0.1, 0.15) is 18.5 Å². The molecule has 1 aliphatic heterocycles. The first kappa shape index (κ1) is 8.87. The second-order valence-electron chi connectivity index (χ2n) is 3.21. The Morgan fingerprint density at radius 1 is 1.43 bits per heavy atom. The summed E-state index contributed by atoms with van der Waals surface area (Å²) < 4.78 is 0. The summed E-state index contributed by atoms with van der Waals surface area (Å²) in [6.07, 6.45) is 8.35. The number of allylic oxidation sites excluding steroid dienone is 1. The highest BCUT2D eigenvalue weighted by atomic mass is 16.2. The summed E-state index contributed by atoms with van der Waals surface area (Å²) in [5, 5.41) is 0. The maximum atomic E-state index is 11.5. The van der Waals surface area contributed by atoms with Crippen molar-refractivity contribution in [3.05, 3.63) is 30.4 Å². The minimum atomic E-state index is 0.0763. The van der Waals surface area contributed by atoms with Crippen molar-refractivity contribution in [2.24, 2.45) is 0 Å². The summed E-state index contributed by atoms with van der Waals surface area (Å²) >= 11 is 0. The largest absolute Gasteiger partial charge is 0.274 e. The van der Waals surface area contributed by atoms with E-state index in [-0.39, 0.29) is 5.91 Å². The summed E-state index contributed by atoms with van der Waals surface area (Å²) in [5.41, 5.74) is 0.814. The van der Waals surface area contributed by atoms with E-state index in [1.807, 2.05) is 13.0 Å². The molecule has 0 fully saturated rings. The zero-order valence-electron chi connectivity index (χ0n) is 7.97. The zero-order chi connectivity index (χ0) is 9.97. The van der Waals surface area contributed by atoms with Crippen molar-refractivity contribution >= 4 is 11.7 Å². The molecule has 1 amide bonds. The highest BCUT2D eigenvalue weighted by Crippen LogP contribution is 2.16. The normalized spacial score (nSPS) is 16.1. The van der Waals surface area contributed by atoms with Gasteiger partial charge in [-0.2, -0.15) is 0 Å². The van der Waals surface area contributed by atoms with Gasteiger partial charge in [0, 0.05) is 18.8 Å². The van der Waals surface area contributed by atoms with Gasteiger partial charge >= 0.3 is 0 Å². The Morgan fingerprint density at radius 3 is 3.00 bits per heavy atom. The molecule has 14 heavy (non-hydrogen) atoms. The molecule has 0 saturated heterocycles. The van der Waals surface area contributed by atoms with Crippen molar-refractivity contribution in [1.82, 2.24) is 9.97 Å². The monoisotopic (exact) mass is 189 g/mol. The second-order valence-corrected chi connectivity index (χ2v) is 3.21. The number of carbonyl (C=O) groups is 1. The molecule has 2 rings (SSSR count). The van der Waals surface area contributed by atoms with Gasteiger partial charge in [-0.1, -0.05) is 6.08 Å². The third-order valence-corrected chi connectivity index (χ3v) is 2.04. The van der Waals surface area contributed by atoms with E-state index in [9.17, 15) is 4.79 Å². The minimum absolute atomic E-state index is 0.0763. The van der Waals surface area contributed by atoms with E-state index in [1.165, 1.54) is 0 Å². The van der Waals surface area contributed by atoms with E-state index < -0.39 is 0 Å². The molecule has 0 aliphatic carbocycles. The number of aromatic nitrogens is 2. The van der Waals surface area contributed by atoms with Crippen molar-refractivity contribution in [1.29, 1.82) is 0 Å². The first-order valence-electron chi connectivity index (χ1n) is 4.55. The highest BCUT2D eigenvalue weighted by molar-refractivity contribution is 5.94. The molecule has 2 heterocycles. The van der Waals surface area contributed by atoms with E-state index in [2.05, 4.69) is 9.97 Å². The van der Waals surface area contributed by atoms with Gasteiger partial charge < -0.3 is 0 Å². The number of carbonyl (C=O) groups excluding carboxylic acids is 1. The molecule has 0 radical (unpaired) electrons. The van der Waals surface area contributed by atoms with Crippen LogP contribution in [0.25, 0.3) is 0 Å². The molecule has 4 heteroatoms. The number of nitrogens with zero attached hydrogens (tertiary/aromatic N) is 3. The average Bonchev–Trinajstić information content (AvgIpc) is 2.18. The molecule has 0 aromatic carbocycles. The molecule has 72 valence electrons. The van der Waals surface area contributed by atoms with Gasteiger partial charge in [-0.25, -0.2) is 4.98 Å². The first-order valence-corrected chi connectivity index (χ1v) is 4.55. The predicted molar refractivity (Wildman–Crippen MR) is 52.6 cm³/mol. The number of amides is 1. The molecule has 0 atom stereocenters. The highest BCUT2D eigenvalue weighted by Gasteiger charge is 2.16. The second kappa shape index (κ2) is 3.57. The van der Waals surface area contributed by atoms with Crippen LogP contribution in [0.4, 0.5) is 5.82 Å². The van der Waals surface area contributed by atoms with E-state index >= 15 is 0 Å². The smallest absolute Gasteiger partial charge is 0.232 e. The molecule has 1 aromatic heterocycles. The standard InChI is InChI=1S/C10H11N3O/c1-8-6-11-7-9(12-8)13-5-3-2-4-10(13)14/h3,5-7H,2,4H2,1H3. The summed E-state index contributed by atoms with van der Waals surface area (Å²) in [5.74, 6) is 0.679. The predicted octanol–water partition coefficient (Wildman–Crippen LogP) is 1.43. The Kier molecular flexibility index (Phi) is 2.26. The Labute approximate surface area is 82.3 Å². The van der Waals surface area contributed by atoms with Crippen LogP contribution < -0.4 is 4.90 Å². The van der Waals surface area contributed by atoms with Crippen LogP contribution in [0, 0.1) is 6.92 Å². The lowest BCUT2D eigenvalue weighted by Gasteiger charge is -2.19. The van der Waals surface area contributed by atoms with Gasteiger partial charge in [0.15, 0.2) is 5.82 Å². The van der Waals surface area contributed by atoms with Crippen LogP contribution in [-0.2, 0) is 4.79 Å². The van der Waals surface area contributed by atoms with E-state index in [0.29, 0.717) is 12.2 Å². The Morgan fingerprint density at radius 2 is 2.29 bits per heavy atom. The summed E-state index contributed by atoms with van der Waals surface area (Å²) in [6.45, 7) is 1.86. The SMILES string of the molecule is Cc1cncc(N2C=CCCC2=O)n1. The van der Waals surface area contributed by atoms with Crippen molar-refractivity contribution in [3.8, 4) is 0 Å². The molecule has 1 aliphatic rings. The van der Waals surface area contributed by atoms with Crippen LogP contribution in [0.2, 0.25) is 0 Å². The Bertz CT molecular complexity index is 387. The summed E-state index contributed by atoms with van der Waals surface area (Å²) in [4.78, 5) is 21.3. The van der Waals surface area contributed by atoms with Gasteiger partial charge in [0.2, 0.25) is 5.91 Å². The van der Waals surface area contributed by atoms with E-state index in [4.69, 9.17) is 0 Å². The van der Waals surface area contributed by atoms with Crippen molar-refractivity contribution < 1.29 is 4.79 Å². The number of rotatable bonds is 1. The van der Waals surface area contributed by atoms with Gasteiger partial charge in [0.05, 0.1) is 11.9 Å². The molecular formula is C10H11N3O. The van der Waals surface area contributed by atoms with Gasteiger partial charge in [0.25, 0.3) is 0 Å². The van der Waals surface area contributed by atoms with E-state index in [1.54, 1.807) is 23.5 Å². The van der Waals surface area contributed by atoms with Crippen LogP contribution >= 0.6 is 0 Å². The number of hydrogen-bond acceptors (Lipinski definition) is 3. The third kappa shape index (κ3) is 1.64. The molecule has 0 unspecified atom stereocenters. The lowest BCUT2D eigenvalue weighted by molar-refractivity contribution is -0.118. The maximum absolute atomic E-state index is 11.5. The summed E-state index contributed by atoms with van der Waals surface area (Å²) in [7, 11) is 0. The fraction of sp³-hybridized carbons (Fsp3) is 0.300. The zero-order valence-corrected chi connectivity index (χ0v) is 7.97. The van der Waals surface area contributed by atoms with Crippen LogP contribution in [0.3, 0.4) is 0 Å². The molecule has 4 nitrogen and oxygen atoms in total. The third-order valence-electron chi connectivity index (χ3n) is 2.04. The maximum Gasteiger partial charge on any atom is 0.232 e. The van der Waals surface area contributed by atoms with E-state index in [0.717, 1.165) is 12.1 Å². The molecule has 1 aromatic rings. The van der Waals surface area contributed by atoms with Gasteiger partial charge in [-0.15, -0.1) is 0 Å². The number of anilines is 1. The average molecular weight is 189 g/mol. The lowest BCUT2D eigenvalue weighted by Crippen LogP contribution is -2.28. The molecule has 0 spiro atoms. The van der Waals surface area contributed by atoms with Crippen molar-refractivity contribution in [2.75, 3.05) is 4.90 Å². The minimum Gasteiger partial charge on any atom is -0.274 e. The quantitative estimate of drug-likeness (QED) is 0.671. The van der Waals surface area contributed by atoms with Crippen molar-refractivity contribution in [2.45, 2.75) is 19.8 Å². The Hall–Kier alpha value is -1.71.